The summed E-state index contributed by atoms with van der Waals surface area (Å²) in [6, 6.07) is 28.4. The highest BCUT2D eigenvalue weighted by Gasteiger charge is 2.37. The lowest BCUT2D eigenvalue weighted by molar-refractivity contribution is -0.136. The van der Waals surface area contributed by atoms with E-state index >= 15 is 0 Å². The van der Waals surface area contributed by atoms with Gasteiger partial charge in [0.15, 0.2) is 28.2 Å². The number of rotatable bonds is 30. The van der Waals surface area contributed by atoms with Crippen LogP contribution in [0.3, 0.4) is 0 Å². The summed E-state index contributed by atoms with van der Waals surface area (Å²) in [4.78, 5) is 50.7. The van der Waals surface area contributed by atoms with Crippen molar-refractivity contribution >= 4 is 84.1 Å². The zero-order valence-corrected chi connectivity index (χ0v) is 48.3. The normalized spacial score (nSPS) is 14.9. The lowest BCUT2D eigenvalue weighted by Gasteiger charge is -2.34. The molecule has 2 atom stereocenters. The van der Waals surface area contributed by atoms with Crippen molar-refractivity contribution in [2.45, 2.75) is 69.3 Å². The number of amides is 2. The molecule has 5 aromatic carbocycles. The minimum Gasteiger partial charge on any atom is -0.493 e. The van der Waals surface area contributed by atoms with Crippen molar-refractivity contribution in [3.8, 4) is 23.0 Å². The van der Waals surface area contributed by atoms with Gasteiger partial charge in [-0.15, -0.1) is 0 Å². The first-order chi connectivity index (χ1) is 38.5. The van der Waals surface area contributed by atoms with Crippen LogP contribution in [0, 0.1) is 0 Å². The fourth-order valence-electron chi connectivity index (χ4n) is 9.82. The molecule has 0 aliphatic carbocycles. The Hall–Kier alpha value is -6.53. The van der Waals surface area contributed by atoms with Crippen LogP contribution in [0.1, 0.15) is 70.2 Å². The Morgan fingerprint density at radius 1 is 0.838 bits per heavy atom. The SMILES string of the molecule is CCNc1cc(OCc2cc(COc3cc4c(cc3OC)C(=O)N3c5ccccc5CC3C=N4)cc(N(CCOCCOCCOC)CC(C)(C)SSCCC(C(=O)O)S(=O)(=O)O)c2)c(OC)cc1C(=O)N1CCc2ccccc21. The third-order valence-corrected chi connectivity index (χ3v) is 18.1. The van der Waals surface area contributed by atoms with Crippen LogP contribution in [0.25, 0.3) is 0 Å². The van der Waals surface area contributed by atoms with E-state index in [2.05, 4.69) is 10.2 Å². The van der Waals surface area contributed by atoms with Crippen LogP contribution in [0.2, 0.25) is 0 Å². The van der Waals surface area contributed by atoms with E-state index in [1.165, 1.54) is 35.8 Å². The van der Waals surface area contributed by atoms with Crippen LogP contribution in [0.5, 0.6) is 23.0 Å². The topological polar surface area (TPSA) is 225 Å². The number of hydrogen-bond donors (Lipinski definition) is 3. The Balaban J connectivity index is 1.10. The van der Waals surface area contributed by atoms with Gasteiger partial charge in [-0.05, 0) is 98.3 Å². The van der Waals surface area contributed by atoms with Crippen molar-refractivity contribution in [1.82, 2.24) is 0 Å². The van der Waals surface area contributed by atoms with Crippen LogP contribution >= 0.6 is 21.6 Å². The number of fused-ring (bicyclic) bond motifs is 5. The van der Waals surface area contributed by atoms with E-state index in [0.717, 1.165) is 45.7 Å². The number of para-hydroxylation sites is 2. The van der Waals surface area contributed by atoms with Crippen LogP contribution < -0.4 is 39.0 Å². The quantitative estimate of drug-likeness (QED) is 0.0221. The van der Waals surface area contributed by atoms with Gasteiger partial charge in [-0.3, -0.25) is 28.8 Å². The van der Waals surface area contributed by atoms with Crippen LogP contribution in [0.4, 0.5) is 28.4 Å². The lowest BCUT2D eigenvalue weighted by atomic mass is 10.1. The number of carboxylic acid groups (broad SMARTS) is 1. The number of anilines is 4. The molecule has 0 spiro atoms. The van der Waals surface area contributed by atoms with Crippen molar-refractivity contribution in [1.29, 1.82) is 0 Å². The average molecular weight is 1160 g/mol. The number of nitrogens with zero attached hydrogens (tertiary/aromatic N) is 4. The molecule has 0 radical (unpaired) electrons. The molecule has 3 heterocycles. The highest BCUT2D eigenvalue weighted by Crippen LogP contribution is 2.43. The number of aliphatic carboxylic acids is 1. The third kappa shape index (κ3) is 14.7. The van der Waals surface area contributed by atoms with E-state index in [1.54, 1.807) is 47.4 Å². The molecule has 0 fully saturated rings. The predicted octanol–water partition coefficient (Wildman–Crippen LogP) is 9.16. The second-order valence-corrected chi connectivity index (χ2v) is 24.5. The monoisotopic (exact) mass is 1160 g/mol. The molecule has 80 heavy (non-hydrogen) atoms. The molecule has 0 aromatic heterocycles. The van der Waals surface area contributed by atoms with E-state index in [0.29, 0.717) is 111 Å². The number of carbonyl (C=O) groups is 3. The molecular weight excluding hydrogens is 1090 g/mol. The van der Waals surface area contributed by atoms with E-state index in [9.17, 15) is 32.5 Å². The van der Waals surface area contributed by atoms with Gasteiger partial charge >= 0.3 is 5.97 Å². The summed E-state index contributed by atoms with van der Waals surface area (Å²) >= 11 is 0. The number of benzene rings is 5. The molecular formula is C58H69N5O14S3. The zero-order chi connectivity index (χ0) is 57.0. The number of methoxy groups -OCH3 is 3. The van der Waals surface area contributed by atoms with Crippen molar-refractivity contribution in [3.05, 3.63) is 124 Å². The number of carboxylic acids is 1. The first-order valence-electron chi connectivity index (χ1n) is 26.3. The number of ether oxygens (including phenoxy) is 7. The molecule has 3 N–H and O–H groups in total. The van der Waals surface area contributed by atoms with Gasteiger partial charge in [-0.1, -0.05) is 58.0 Å². The van der Waals surface area contributed by atoms with Crippen molar-refractivity contribution in [2.75, 3.05) is 106 Å². The third-order valence-electron chi connectivity index (χ3n) is 13.6. The van der Waals surface area contributed by atoms with Crippen molar-refractivity contribution < 1.29 is 65.6 Å². The number of hydrogen-bond acceptors (Lipinski definition) is 17. The first kappa shape index (κ1) is 59.6. The summed E-state index contributed by atoms with van der Waals surface area (Å²) in [7, 11) is 2.65. The fraction of sp³-hybridized carbons (Fsp3) is 0.414. The highest BCUT2D eigenvalue weighted by atomic mass is 33.1. The second kappa shape index (κ2) is 27.3. The molecule has 19 nitrogen and oxygen atoms in total. The Kier molecular flexibility index (Phi) is 20.3. The molecule has 8 rings (SSSR count). The van der Waals surface area contributed by atoms with Crippen LogP contribution in [-0.2, 0) is 55.2 Å². The highest BCUT2D eigenvalue weighted by molar-refractivity contribution is 8.77. The maximum absolute atomic E-state index is 14.3. The van der Waals surface area contributed by atoms with E-state index in [1.807, 2.05) is 87.5 Å². The second-order valence-electron chi connectivity index (χ2n) is 19.8. The Morgan fingerprint density at radius 3 is 2.16 bits per heavy atom. The molecule has 0 saturated carbocycles. The standard InChI is InChI=1S/C58H69N5O14S3/c1-7-59-46-32-52(50(72-5)30-44(46)55(64)62-18-16-40-12-8-10-14-48(40)62)76-35-38-26-39(36-77-53-33-47-45(31-51(53)73-6)56(65)63-43(34-60-47)29-41-13-9-11-15-49(41)63)28-42(27-38)61(19-20-74-23-24-75-22-21-71-4)37-58(2,3)79-78-25-17-54(57(66)67)80(68,69)70/h8-15,26-28,30-34,43,54,59H,7,16-25,29,35-37H2,1-6H3,(H,66,67)(H,68,69,70). The molecule has 2 amide bonds. The van der Waals surface area contributed by atoms with E-state index in [4.69, 9.17) is 38.2 Å². The summed E-state index contributed by atoms with van der Waals surface area (Å²) in [6.45, 7) is 10.0. The van der Waals surface area contributed by atoms with Crippen LogP contribution in [-0.4, -0.2) is 144 Å². The summed E-state index contributed by atoms with van der Waals surface area (Å²) < 4.78 is 74.5. The maximum atomic E-state index is 14.3. The summed E-state index contributed by atoms with van der Waals surface area (Å²) in [5, 5.41) is 10.9. The van der Waals surface area contributed by atoms with E-state index in [-0.39, 0.29) is 43.2 Å². The van der Waals surface area contributed by atoms with Gasteiger partial charge in [0, 0.05) is 85.6 Å². The summed E-state index contributed by atoms with van der Waals surface area (Å²) in [5.74, 6) is -0.308. The number of aliphatic imine (C=N–C) groups is 1. The molecule has 0 saturated heterocycles. The summed E-state index contributed by atoms with van der Waals surface area (Å²) in [5.41, 5.74) is 8.10. The minimum atomic E-state index is -4.79. The molecule has 0 bridgehead atoms. The first-order valence-corrected chi connectivity index (χ1v) is 30.2. The van der Waals surface area contributed by atoms with Crippen LogP contribution in [0.15, 0.2) is 96.0 Å². The van der Waals surface area contributed by atoms with Gasteiger partial charge in [0.25, 0.3) is 21.9 Å². The number of nitrogens with one attached hydrogen (secondary N) is 1. The Morgan fingerprint density at radius 2 is 1.49 bits per heavy atom. The largest absolute Gasteiger partial charge is 0.493 e. The predicted molar refractivity (Wildman–Crippen MR) is 313 cm³/mol. The van der Waals surface area contributed by atoms with Gasteiger partial charge in [-0.2, -0.15) is 8.42 Å². The van der Waals surface area contributed by atoms with Gasteiger partial charge in [0.05, 0.1) is 75.8 Å². The van der Waals surface area contributed by atoms with Gasteiger partial charge in [0.2, 0.25) is 0 Å². The van der Waals surface area contributed by atoms with Gasteiger partial charge in [0.1, 0.15) is 13.2 Å². The zero-order valence-electron chi connectivity index (χ0n) is 45.8. The molecule has 22 heteroatoms. The summed E-state index contributed by atoms with van der Waals surface area (Å²) in [6.07, 6.45) is 2.93. The number of carbonyl (C=O) groups excluding carboxylic acids is 2. The van der Waals surface area contributed by atoms with E-state index < -0.39 is 26.1 Å². The Labute approximate surface area is 475 Å². The van der Waals surface area contributed by atoms with Crippen molar-refractivity contribution in [2.24, 2.45) is 4.99 Å². The molecule has 428 valence electrons. The molecule has 3 aliphatic rings. The van der Waals surface area contributed by atoms with Crippen molar-refractivity contribution in [3.63, 3.8) is 0 Å². The fourth-order valence-corrected chi connectivity index (χ4v) is 13.2. The Bertz CT molecular complexity index is 3160. The molecule has 3 aliphatic heterocycles. The van der Waals surface area contributed by atoms with Gasteiger partial charge < -0.3 is 53.4 Å². The maximum Gasteiger partial charge on any atom is 0.324 e. The average Bonchev–Trinajstić information content (AvgIpc) is 4.01. The molecule has 2 unspecified atom stereocenters. The minimum absolute atomic E-state index is 0.0513. The van der Waals surface area contributed by atoms with Gasteiger partial charge in [-0.25, -0.2) is 0 Å². The smallest absolute Gasteiger partial charge is 0.324 e. The lowest BCUT2D eigenvalue weighted by Crippen LogP contribution is -2.38. The molecule has 5 aromatic rings.